The van der Waals surface area contributed by atoms with Crippen LogP contribution >= 0.6 is 0 Å². The van der Waals surface area contributed by atoms with Crippen LogP contribution in [0.5, 0.6) is 17.2 Å². The van der Waals surface area contributed by atoms with Crippen LogP contribution in [0.2, 0.25) is 0 Å². The summed E-state index contributed by atoms with van der Waals surface area (Å²) in [5.74, 6) is -1.32. The molecule has 0 spiro atoms. The maximum absolute atomic E-state index is 13.6. The van der Waals surface area contributed by atoms with E-state index in [2.05, 4.69) is 0 Å². The minimum Gasteiger partial charge on any atom is -0.496 e. The van der Waals surface area contributed by atoms with Crippen LogP contribution in [0.1, 0.15) is 18.5 Å². The Balaban J connectivity index is 2.46. The molecular formula is C15H15F2NO2. The lowest BCUT2D eigenvalue weighted by molar-refractivity contribution is 0.387. The predicted octanol–water partition coefficient (Wildman–Crippen LogP) is 3.79. The molecule has 20 heavy (non-hydrogen) atoms. The summed E-state index contributed by atoms with van der Waals surface area (Å²) in [6.45, 7) is 1.76. The zero-order valence-electron chi connectivity index (χ0n) is 11.2. The molecule has 0 amide bonds. The third-order valence-electron chi connectivity index (χ3n) is 2.84. The summed E-state index contributed by atoms with van der Waals surface area (Å²) in [7, 11) is 1.51. The molecule has 2 aromatic carbocycles. The highest BCUT2D eigenvalue weighted by Gasteiger charge is 2.17. The quantitative estimate of drug-likeness (QED) is 0.926. The number of nitrogens with two attached hydrogens (primary N) is 1. The van der Waals surface area contributed by atoms with E-state index in [1.165, 1.54) is 19.2 Å². The van der Waals surface area contributed by atoms with Gasteiger partial charge < -0.3 is 15.2 Å². The Morgan fingerprint density at radius 2 is 1.60 bits per heavy atom. The van der Waals surface area contributed by atoms with E-state index in [-0.39, 0.29) is 11.8 Å². The maximum atomic E-state index is 13.6. The molecule has 0 aromatic heterocycles. The van der Waals surface area contributed by atoms with Crippen molar-refractivity contribution in [1.29, 1.82) is 0 Å². The van der Waals surface area contributed by atoms with Crippen molar-refractivity contribution in [3.8, 4) is 17.2 Å². The standard InChI is InChI=1S/C15H15F2NO2/c1-9(18)14-11(19-2)6-4-7-12(14)20-13-8-3-5-10(16)15(13)17/h3-9H,18H2,1-2H3/t9-/m1/s1. The van der Waals surface area contributed by atoms with Gasteiger partial charge in [0.1, 0.15) is 11.5 Å². The van der Waals surface area contributed by atoms with Gasteiger partial charge in [-0.1, -0.05) is 12.1 Å². The highest BCUT2D eigenvalue weighted by atomic mass is 19.2. The van der Waals surface area contributed by atoms with E-state index < -0.39 is 11.6 Å². The Kier molecular flexibility index (Phi) is 4.20. The molecule has 1 atom stereocenters. The van der Waals surface area contributed by atoms with E-state index in [9.17, 15) is 8.78 Å². The normalized spacial score (nSPS) is 12.1. The summed E-state index contributed by atoms with van der Waals surface area (Å²) in [6, 6.07) is 8.43. The van der Waals surface area contributed by atoms with Crippen LogP contribution in [0, 0.1) is 11.6 Å². The van der Waals surface area contributed by atoms with Crippen molar-refractivity contribution in [3.63, 3.8) is 0 Å². The first-order valence-electron chi connectivity index (χ1n) is 6.09. The van der Waals surface area contributed by atoms with Gasteiger partial charge in [0.25, 0.3) is 0 Å². The summed E-state index contributed by atoms with van der Waals surface area (Å²) in [5, 5.41) is 0. The van der Waals surface area contributed by atoms with Crippen molar-refractivity contribution in [2.24, 2.45) is 5.73 Å². The molecule has 2 aromatic rings. The van der Waals surface area contributed by atoms with Gasteiger partial charge in [0.05, 0.1) is 12.7 Å². The molecule has 0 bridgehead atoms. The molecule has 106 valence electrons. The number of benzene rings is 2. The second-order valence-electron chi connectivity index (χ2n) is 4.31. The van der Waals surface area contributed by atoms with Crippen molar-refractivity contribution in [3.05, 3.63) is 53.6 Å². The average Bonchev–Trinajstić information content (AvgIpc) is 2.43. The van der Waals surface area contributed by atoms with Crippen molar-refractivity contribution in [2.75, 3.05) is 7.11 Å². The van der Waals surface area contributed by atoms with Gasteiger partial charge in [0, 0.05) is 6.04 Å². The first kappa shape index (κ1) is 14.3. The van der Waals surface area contributed by atoms with Gasteiger partial charge in [0.2, 0.25) is 5.82 Å². The Morgan fingerprint density at radius 3 is 2.25 bits per heavy atom. The van der Waals surface area contributed by atoms with Crippen LogP contribution in [-0.4, -0.2) is 7.11 Å². The predicted molar refractivity (Wildman–Crippen MR) is 72.0 cm³/mol. The molecule has 2 rings (SSSR count). The fraction of sp³-hybridized carbons (Fsp3) is 0.200. The van der Waals surface area contributed by atoms with E-state index in [1.807, 2.05) is 0 Å². The van der Waals surface area contributed by atoms with Crippen molar-refractivity contribution in [1.82, 2.24) is 0 Å². The number of methoxy groups -OCH3 is 1. The molecule has 0 unspecified atom stereocenters. The smallest absolute Gasteiger partial charge is 0.201 e. The number of ether oxygens (including phenoxy) is 2. The molecule has 3 nitrogen and oxygen atoms in total. The van der Waals surface area contributed by atoms with Gasteiger partial charge in [0.15, 0.2) is 11.6 Å². The highest BCUT2D eigenvalue weighted by molar-refractivity contribution is 5.48. The number of hydrogen-bond donors (Lipinski definition) is 1. The first-order chi connectivity index (χ1) is 9.54. The number of halogens is 2. The van der Waals surface area contributed by atoms with Crippen LogP contribution in [-0.2, 0) is 0 Å². The van der Waals surface area contributed by atoms with Gasteiger partial charge in [-0.05, 0) is 31.2 Å². The Bertz CT molecular complexity index is 615. The second-order valence-corrected chi connectivity index (χ2v) is 4.31. The average molecular weight is 279 g/mol. The van der Waals surface area contributed by atoms with Crippen LogP contribution in [0.3, 0.4) is 0 Å². The zero-order chi connectivity index (χ0) is 14.7. The Hall–Kier alpha value is -2.14. The third-order valence-corrected chi connectivity index (χ3v) is 2.84. The summed E-state index contributed by atoms with van der Waals surface area (Å²) >= 11 is 0. The molecule has 2 N–H and O–H groups in total. The number of hydrogen-bond acceptors (Lipinski definition) is 3. The van der Waals surface area contributed by atoms with Crippen LogP contribution in [0.4, 0.5) is 8.78 Å². The van der Waals surface area contributed by atoms with Gasteiger partial charge >= 0.3 is 0 Å². The zero-order valence-corrected chi connectivity index (χ0v) is 11.2. The summed E-state index contributed by atoms with van der Waals surface area (Å²) in [4.78, 5) is 0. The van der Waals surface area contributed by atoms with E-state index in [0.717, 1.165) is 6.07 Å². The summed E-state index contributed by atoms with van der Waals surface area (Å²) < 4.78 is 37.5. The van der Waals surface area contributed by atoms with Crippen molar-refractivity contribution in [2.45, 2.75) is 13.0 Å². The molecule has 0 fully saturated rings. The minimum absolute atomic E-state index is 0.194. The molecule has 0 radical (unpaired) electrons. The molecule has 0 saturated heterocycles. The van der Waals surface area contributed by atoms with Crippen LogP contribution in [0.25, 0.3) is 0 Å². The van der Waals surface area contributed by atoms with Gasteiger partial charge in [-0.2, -0.15) is 4.39 Å². The molecule has 5 heteroatoms. The molecule has 0 aliphatic carbocycles. The topological polar surface area (TPSA) is 44.5 Å². The highest BCUT2D eigenvalue weighted by Crippen LogP contribution is 2.36. The van der Waals surface area contributed by atoms with E-state index >= 15 is 0 Å². The minimum atomic E-state index is -1.04. The van der Waals surface area contributed by atoms with E-state index in [4.69, 9.17) is 15.2 Å². The molecule has 0 saturated carbocycles. The van der Waals surface area contributed by atoms with Crippen molar-refractivity contribution >= 4 is 0 Å². The number of rotatable bonds is 4. The van der Waals surface area contributed by atoms with E-state index in [0.29, 0.717) is 17.1 Å². The lowest BCUT2D eigenvalue weighted by Crippen LogP contribution is -2.09. The van der Waals surface area contributed by atoms with E-state index in [1.54, 1.807) is 25.1 Å². The van der Waals surface area contributed by atoms with Gasteiger partial charge in [-0.25, -0.2) is 4.39 Å². The monoisotopic (exact) mass is 279 g/mol. The van der Waals surface area contributed by atoms with Gasteiger partial charge in [-0.15, -0.1) is 0 Å². The van der Waals surface area contributed by atoms with Crippen molar-refractivity contribution < 1.29 is 18.3 Å². The van der Waals surface area contributed by atoms with Crippen LogP contribution in [0.15, 0.2) is 36.4 Å². The maximum Gasteiger partial charge on any atom is 0.201 e. The largest absolute Gasteiger partial charge is 0.496 e. The Labute approximate surface area is 115 Å². The van der Waals surface area contributed by atoms with Gasteiger partial charge in [-0.3, -0.25) is 0 Å². The molecular weight excluding hydrogens is 264 g/mol. The molecule has 0 heterocycles. The molecule has 0 aliphatic rings. The fourth-order valence-electron chi connectivity index (χ4n) is 1.92. The second kappa shape index (κ2) is 5.88. The fourth-order valence-corrected chi connectivity index (χ4v) is 1.92. The Morgan fingerprint density at radius 1 is 1.00 bits per heavy atom. The summed E-state index contributed by atoms with van der Waals surface area (Å²) in [5.41, 5.74) is 6.48. The first-order valence-corrected chi connectivity index (χ1v) is 6.09. The third kappa shape index (κ3) is 2.72. The lowest BCUT2D eigenvalue weighted by atomic mass is 10.1. The lowest BCUT2D eigenvalue weighted by Gasteiger charge is -2.17. The SMILES string of the molecule is COc1cccc(Oc2cccc(F)c2F)c1[C@@H](C)N. The van der Waals surface area contributed by atoms with Crippen LogP contribution < -0.4 is 15.2 Å². The summed E-state index contributed by atoms with van der Waals surface area (Å²) in [6.07, 6.45) is 0. The molecule has 0 aliphatic heterocycles.